The lowest BCUT2D eigenvalue weighted by atomic mass is 9.89. The Morgan fingerprint density at radius 3 is 2.53 bits per heavy atom. The molecule has 2 rings (SSSR count). The molecule has 0 aliphatic carbocycles. The van der Waals surface area contributed by atoms with Crippen molar-refractivity contribution < 1.29 is 19.3 Å². The SMILES string of the molecule is CCCCCCC1(C)OCC2(CCC1O)OCCO2. The minimum absolute atomic E-state index is 0.429. The van der Waals surface area contributed by atoms with Crippen molar-refractivity contribution in [1.82, 2.24) is 0 Å². The van der Waals surface area contributed by atoms with Gasteiger partial charge in [-0.05, 0) is 19.8 Å². The van der Waals surface area contributed by atoms with Gasteiger partial charge < -0.3 is 19.3 Å². The molecule has 0 aromatic heterocycles. The van der Waals surface area contributed by atoms with Crippen LogP contribution in [-0.2, 0) is 14.2 Å². The van der Waals surface area contributed by atoms with Gasteiger partial charge in [-0.25, -0.2) is 0 Å². The molecule has 2 heterocycles. The van der Waals surface area contributed by atoms with E-state index in [0.717, 1.165) is 19.3 Å². The maximum atomic E-state index is 10.4. The Kier molecular flexibility index (Phi) is 5.23. The van der Waals surface area contributed by atoms with Crippen LogP contribution in [0, 0.1) is 0 Å². The maximum Gasteiger partial charge on any atom is 0.192 e. The highest BCUT2D eigenvalue weighted by molar-refractivity contribution is 4.91. The van der Waals surface area contributed by atoms with Crippen LogP contribution in [0.5, 0.6) is 0 Å². The summed E-state index contributed by atoms with van der Waals surface area (Å²) in [6.45, 7) is 5.93. The van der Waals surface area contributed by atoms with Crippen LogP contribution in [0.1, 0.15) is 58.8 Å². The van der Waals surface area contributed by atoms with Gasteiger partial charge in [0.25, 0.3) is 0 Å². The summed E-state index contributed by atoms with van der Waals surface area (Å²) in [7, 11) is 0. The largest absolute Gasteiger partial charge is 0.390 e. The fourth-order valence-electron chi connectivity index (χ4n) is 2.97. The van der Waals surface area contributed by atoms with Crippen molar-refractivity contribution in [2.24, 2.45) is 0 Å². The van der Waals surface area contributed by atoms with Gasteiger partial charge in [-0.1, -0.05) is 32.6 Å². The minimum atomic E-state index is -0.595. The lowest BCUT2D eigenvalue weighted by Crippen LogP contribution is -2.42. The molecular formula is C15H28O4. The number of unbranched alkanes of at least 4 members (excludes halogenated alkanes) is 3. The van der Waals surface area contributed by atoms with E-state index in [0.29, 0.717) is 26.2 Å². The van der Waals surface area contributed by atoms with Crippen LogP contribution < -0.4 is 0 Å². The molecule has 1 N–H and O–H groups in total. The minimum Gasteiger partial charge on any atom is -0.390 e. The summed E-state index contributed by atoms with van der Waals surface area (Å²) in [6, 6.07) is 0. The van der Waals surface area contributed by atoms with E-state index >= 15 is 0 Å². The molecule has 19 heavy (non-hydrogen) atoms. The second-order valence-corrected chi connectivity index (χ2v) is 6.07. The molecule has 2 saturated heterocycles. The lowest BCUT2D eigenvalue weighted by Gasteiger charge is -2.33. The van der Waals surface area contributed by atoms with Crippen molar-refractivity contribution in [3.05, 3.63) is 0 Å². The Hall–Kier alpha value is -0.160. The number of aliphatic hydroxyl groups excluding tert-OH is 1. The molecule has 0 aromatic carbocycles. The van der Waals surface area contributed by atoms with Crippen LogP contribution in [-0.4, -0.2) is 42.4 Å². The van der Waals surface area contributed by atoms with E-state index in [1.165, 1.54) is 19.3 Å². The van der Waals surface area contributed by atoms with E-state index in [-0.39, 0.29) is 0 Å². The molecular weight excluding hydrogens is 244 g/mol. The number of rotatable bonds is 5. The monoisotopic (exact) mass is 272 g/mol. The van der Waals surface area contributed by atoms with Gasteiger partial charge in [-0.2, -0.15) is 0 Å². The quantitative estimate of drug-likeness (QED) is 0.782. The Balaban J connectivity index is 1.89. The van der Waals surface area contributed by atoms with Gasteiger partial charge in [0, 0.05) is 6.42 Å². The molecule has 0 saturated carbocycles. The topological polar surface area (TPSA) is 47.9 Å². The zero-order chi connectivity index (χ0) is 13.8. The van der Waals surface area contributed by atoms with Gasteiger partial charge in [0.05, 0.1) is 24.9 Å². The van der Waals surface area contributed by atoms with Crippen LogP contribution in [0.3, 0.4) is 0 Å². The van der Waals surface area contributed by atoms with Crippen LogP contribution in [0.15, 0.2) is 0 Å². The molecule has 2 aliphatic heterocycles. The summed E-state index contributed by atoms with van der Waals surface area (Å²) in [5.41, 5.74) is -0.452. The smallest absolute Gasteiger partial charge is 0.192 e. The summed E-state index contributed by atoms with van der Waals surface area (Å²) in [5, 5.41) is 10.4. The molecule has 0 bridgehead atoms. The Labute approximate surface area is 116 Å². The summed E-state index contributed by atoms with van der Waals surface area (Å²) in [5.74, 6) is -0.595. The lowest BCUT2D eigenvalue weighted by molar-refractivity contribution is -0.213. The van der Waals surface area contributed by atoms with Crippen LogP contribution in [0.2, 0.25) is 0 Å². The molecule has 0 amide bonds. The molecule has 4 heteroatoms. The highest BCUT2D eigenvalue weighted by Gasteiger charge is 2.46. The number of ether oxygens (including phenoxy) is 3. The third-order valence-corrected chi connectivity index (χ3v) is 4.47. The summed E-state index contributed by atoms with van der Waals surface area (Å²) in [6.07, 6.45) is 6.68. The summed E-state index contributed by atoms with van der Waals surface area (Å²) >= 11 is 0. The molecule has 112 valence electrons. The van der Waals surface area contributed by atoms with Crippen LogP contribution in [0.25, 0.3) is 0 Å². The molecule has 0 radical (unpaired) electrons. The Bertz CT molecular complexity index is 275. The number of aliphatic hydroxyl groups is 1. The summed E-state index contributed by atoms with van der Waals surface area (Å²) < 4.78 is 17.4. The van der Waals surface area contributed by atoms with Gasteiger partial charge in [-0.3, -0.25) is 0 Å². The van der Waals surface area contributed by atoms with Crippen molar-refractivity contribution >= 4 is 0 Å². The normalized spacial score (nSPS) is 34.6. The second kappa shape index (κ2) is 6.53. The van der Waals surface area contributed by atoms with E-state index in [4.69, 9.17) is 14.2 Å². The molecule has 1 spiro atoms. The van der Waals surface area contributed by atoms with Gasteiger partial charge in [-0.15, -0.1) is 0 Å². The highest BCUT2D eigenvalue weighted by atomic mass is 16.8. The van der Waals surface area contributed by atoms with E-state index in [9.17, 15) is 5.11 Å². The fraction of sp³-hybridized carbons (Fsp3) is 1.00. The zero-order valence-corrected chi connectivity index (χ0v) is 12.3. The fourth-order valence-corrected chi connectivity index (χ4v) is 2.97. The Morgan fingerprint density at radius 2 is 1.84 bits per heavy atom. The first-order chi connectivity index (χ1) is 9.10. The van der Waals surface area contributed by atoms with Gasteiger partial charge in [0.15, 0.2) is 5.79 Å². The van der Waals surface area contributed by atoms with E-state index < -0.39 is 17.5 Å². The highest BCUT2D eigenvalue weighted by Crippen LogP contribution is 2.36. The predicted molar refractivity (Wildman–Crippen MR) is 73.0 cm³/mol. The Morgan fingerprint density at radius 1 is 1.11 bits per heavy atom. The first-order valence-electron chi connectivity index (χ1n) is 7.70. The van der Waals surface area contributed by atoms with Gasteiger partial charge in [0.1, 0.15) is 6.61 Å². The van der Waals surface area contributed by atoms with Gasteiger partial charge >= 0.3 is 0 Å². The summed E-state index contributed by atoms with van der Waals surface area (Å²) in [4.78, 5) is 0. The molecule has 2 fully saturated rings. The van der Waals surface area contributed by atoms with Crippen LogP contribution >= 0.6 is 0 Å². The zero-order valence-electron chi connectivity index (χ0n) is 12.3. The first-order valence-corrected chi connectivity index (χ1v) is 7.70. The third kappa shape index (κ3) is 3.69. The van der Waals surface area contributed by atoms with E-state index in [1.807, 2.05) is 6.92 Å². The van der Waals surface area contributed by atoms with E-state index in [1.54, 1.807) is 0 Å². The average Bonchev–Trinajstić information content (AvgIpc) is 2.84. The number of hydrogen-bond acceptors (Lipinski definition) is 4. The van der Waals surface area contributed by atoms with Crippen LogP contribution in [0.4, 0.5) is 0 Å². The molecule has 2 unspecified atom stereocenters. The third-order valence-electron chi connectivity index (χ3n) is 4.47. The second-order valence-electron chi connectivity index (χ2n) is 6.07. The molecule has 0 aromatic rings. The standard InChI is InChI=1S/C15H28O4/c1-3-4-5-6-8-14(2)13(16)7-9-15(12-19-14)17-10-11-18-15/h13,16H,3-12H2,1-2H3. The van der Waals surface area contributed by atoms with Crippen molar-refractivity contribution in [3.63, 3.8) is 0 Å². The van der Waals surface area contributed by atoms with Crippen molar-refractivity contribution in [2.75, 3.05) is 19.8 Å². The van der Waals surface area contributed by atoms with Crippen molar-refractivity contribution in [1.29, 1.82) is 0 Å². The maximum absolute atomic E-state index is 10.4. The number of hydrogen-bond donors (Lipinski definition) is 1. The molecule has 2 aliphatic rings. The first kappa shape index (κ1) is 15.2. The average molecular weight is 272 g/mol. The van der Waals surface area contributed by atoms with Crippen molar-refractivity contribution in [2.45, 2.75) is 76.3 Å². The van der Waals surface area contributed by atoms with Crippen molar-refractivity contribution in [3.8, 4) is 0 Å². The van der Waals surface area contributed by atoms with Gasteiger partial charge in [0.2, 0.25) is 0 Å². The molecule has 2 atom stereocenters. The molecule has 4 nitrogen and oxygen atoms in total. The van der Waals surface area contributed by atoms with E-state index in [2.05, 4.69) is 6.92 Å². The predicted octanol–water partition coefficient (Wildman–Crippen LogP) is 2.63.